The minimum Gasteiger partial charge on any atom is -0.471 e. The molecule has 0 spiro atoms. The number of benzene rings is 2. The Hall–Kier alpha value is -3.26. The van der Waals surface area contributed by atoms with Crippen LogP contribution in [0.2, 0.25) is 5.02 Å². The third-order valence-electron chi connectivity index (χ3n) is 4.48. The van der Waals surface area contributed by atoms with Gasteiger partial charge in [0, 0.05) is 24.2 Å². The molecule has 0 saturated carbocycles. The Morgan fingerprint density at radius 2 is 1.93 bits per heavy atom. The molecule has 3 aromatic rings. The fraction of sp³-hybridized carbons (Fsp3) is 0.190. The summed E-state index contributed by atoms with van der Waals surface area (Å²) in [5.74, 6) is -1.70. The van der Waals surface area contributed by atoms with Crippen molar-refractivity contribution in [2.75, 3.05) is 7.05 Å². The highest BCUT2D eigenvalue weighted by molar-refractivity contribution is 6.31. The second kappa shape index (κ2) is 8.62. The molecule has 0 fully saturated rings. The zero-order valence-electron chi connectivity index (χ0n) is 16.4. The van der Waals surface area contributed by atoms with Crippen molar-refractivity contribution in [1.82, 2.24) is 14.9 Å². The molecule has 1 N–H and O–H groups in total. The molecule has 2 aromatic carbocycles. The lowest BCUT2D eigenvalue weighted by Gasteiger charge is -2.16. The molecule has 0 bridgehead atoms. The zero-order chi connectivity index (χ0) is 22.0. The largest absolute Gasteiger partial charge is 0.471 e. The molecule has 6 nitrogen and oxygen atoms in total. The van der Waals surface area contributed by atoms with Crippen LogP contribution < -0.4 is 15.6 Å². The van der Waals surface area contributed by atoms with Crippen LogP contribution >= 0.6 is 11.6 Å². The number of halogens is 3. The molecule has 1 aromatic heterocycles. The van der Waals surface area contributed by atoms with Gasteiger partial charge >= 0.3 is 0 Å². The SMILES string of the molecule is CNC(=O)c1ccc(C)c(-n2c(C)nc(OCc3ccc(F)cc3F)c(Cl)c2=O)c1. The van der Waals surface area contributed by atoms with Crippen molar-refractivity contribution in [3.63, 3.8) is 0 Å². The van der Waals surface area contributed by atoms with Gasteiger partial charge in [-0.1, -0.05) is 17.7 Å². The van der Waals surface area contributed by atoms with Crippen molar-refractivity contribution in [2.24, 2.45) is 0 Å². The van der Waals surface area contributed by atoms with Crippen LogP contribution in [0.15, 0.2) is 41.2 Å². The molecule has 0 radical (unpaired) electrons. The van der Waals surface area contributed by atoms with Gasteiger partial charge < -0.3 is 10.1 Å². The number of carbonyl (C=O) groups excluding carboxylic acids is 1. The van der Waals surface area contributed by atoms with Gasteiger partial charge in [0.1, 0.15) is 24.1 Å². The van der Waals surface area contributed by atoms with E-state index in [9.17, 15) is 18.4 Å². The van der Waals surface area contributed by atoms with E-state index in [4.69, 9.17) is 16.3 Å². The molecular formula is C21H18ClF2N3O3. The maximum atomic E-state index is 13.8. The molecule has 3 rings (SSSR count). The molecule has 1 heterocycles. The Kier molecular flexibility index (Phi) is 6.17. The number of carbonyl (C=O) groups is 1. The predicted molar refractivity (Wildman–Crippen MR) is 108 cm³/mol. The first kappa shape index (κ1) is 21.4. The molecule has 30 heavy (non-hydrogen) atoms. The summed E-state index contributed by atoms with van der Waals surface area (Å²) in [6, 6.07) is 7.99. The van der Waals surface area contributed by atoms with Crippen LogP contribution in [0.1, 0.15) is 27.3 Å². The van der Waals surface area contributed by atoms with Crippen LogP contribution in [0.5, 0.6) is 5.88 Å². The van der Waals surface area contributed by atoms with Crippen LogP contribution in [-0.4, -0.2) is 22.5 Å². The Bertz CT molecular complexity index is 1190. The molecule has 0 saturated heterocycles. The van der Waals surface area contributed by atoms with Crippen LogP contribution in [0, 0.1) is 25.5 Å². The first-order valence-corrected chi connectivity index (χ1v) is 9.29. The van der Waals surface area contributed by atoms with E-state index in [0.717, 1.165) is 17.7 Å². The summed E-state index contributed by atoms with van der Waals surface area (Å²) < 4.78 is 33.5. The van der Waals surface area contributed by atoms with E-state index in [-0.39, 0.29) is 34.8 Å². The van der Waals surface area contributed by atoms with Gasteiger partial charge in [0.15, 0.2) is 5.02 Å². The normalized spacial score (nSPS) is 10.7. The van der Waals surface area contributed by atoms with E-state index >= 15 is 0 Å². The quantitative estimate of drug-likeness (QED) is 0.665. The fourth-order valence-corrected chi connectivity index (χ4v) is 3.06. The Morgan fingerprint density at radius 1 is 1.20 bits per heavy atom. The van der Waals surface area contributed by atoms with Gasteiger partial charge in [0.2, 0.25) is 5.88 Å². The summed E-state index contributed by atoms with van der Waals surface area (Å²) in [7, 11) is 1.51. The zero-order valence-corrected chi connectivity index (χ0v) is 17.2. The molecule has 1 amide bonds. The van der Waals surface area contributed by atoms with Crippen molar-refractivity contribution >= 4 is 17.5 Å². The van der Waals surface area contributed by atoms with Gasteiger partial charge in [0.05, 0.1) is 5.69 Å². The maximum Gasteiger partial charge on any atom is 0.280 e. The van der Waals surface area contributed by atoms with E-state index in [1.165, 1.54) is 17.7 Å². The van der Waals surface area contributed by atoms with E-state index < -0.39 is 17.2 Å². The third-order valence-corrected chi connectivity index (χ3v) is 4.81. The first-order valence-electron chi connectivity index (χ1n) is 8.92. The van der Waals surface area contributed by atoms with Crippen molar-refractivity contribution in [2.45, 2.75) is 20.5 Å². The average Bonchev–Trinajstić information content (AvgIpc) is 2.71. The van der Waals surface area contributed by atoms with Crippen molar-refractivity contribution in [3.8, 4) is 11.6 Å². The molecule has 0 aliphatic heterocycles. The van der Waals surface area contributed by atoms with Gasteiger partial charge in [0.25, 0.3) is 11.5 Å². The molecule has 156 valence electrons. The Morgan fingerprint density at radius 3 is 2.60 bits per heavy atom. The Balaban J connectivity index is 2.00. The highest BCUT2D eigenvalue weighted by Crippen LogP contribution is 2.23. The minimum atomic E-state index is -0.780. The second-order valence-corrected chi connectivity index (χ2v) is 6.90. The summed E-state index contributed by atoms with van der Waals surface area (Å²) in [5.41, 5.74) is 1.03. The third kappa shape index (κ3) is 4.18. The standard InChI is InChI=1S/C21H18ClF2N3O3/c1-11-4-5-13(19(28)25-3)8-17(11)27-12(2)26-20(18(22)21(27)29)30-10-14-6-7-15(23)9-16(14)24/h4-9H,10H2,1-3H3,(H,25,28). The summed E-state index contributed by atoms with van der Waals surface area (Å²) in [6.45, 7) is 3.08. The number of aryl methyl sites for hydroxylation is 2. The smallest absolute Gasteiger partial charge is 0.280 e. The average molecular weight is 434 g/mol. The molecule has 0 aliphatic carbocycles. The lowest BCUT2D eigenvalue weighted by Crippen LogP contribution is -2.25. The van der Waals surface area contributed by atoms with Gasteiger partial charge in [-0.15, -0.1) is 0 Å². The number of hydrogen-bond donors (Lipinski definition) is 1. The van der Waals surface area contributed by atoms with Crippen LogP contribution in [0.25, 0.3) is 5.69 Å². The van der Waals surface area contributed by atoms with Crippen molar-refractivity contribution < 1.29 is 18.3 Å². The van der Waals surface area contributed by atoms with Crippen LogP contribution in [0.3, 0.4) is 0 Å². The van der Waals surface area contributed by atoms with E-state index in [2.05, 4.69) is 10.3 Å². The number of nitrogens with one attached hydrogen (secondary N) is 1. The van der Waals surface area contributed by atoms with Gasteiger partial charge in [-0.3, -0.25) is 14.2 Å². The fourth-order valence-electron chi connectivity index (χ4n) is 2.88. The highest BCUT2D eigenvalue weighted by Gasteiger charge is 2.18. The molecular weight excluding hydrogens is 416 g/mol. The van der Waals surface area contributed by atoms with Gasteiger partial charge in [-0.2, -0.15) is 4.98 Å². The second-order valence-electron chi connectivity index (χ2n) is 6.52. The lowest BCUT2D eigenvalue weighted by atomic mass is 10.1. The summed E-state index contributed by atoms with van der Waals surface area (Å²) in [4.78, 5) is 29.1. The van der Waals surface area contributed by atoms with Gasteiger partial charge in [-0.25, -0.2) is 8.78 Å². The van der Waals surface area contributed by atoms with E-state index in [1.54, 1.807) is 32.0 Å². The van der Waals surface area contributed by atoms with E-state index in [1.807, 2.05) is 0 Å². The number of amides is 1. The maximum absolute atomic E-state index is 13.8. The number of aromatic nitrogens is 2. The molecule has 9 heteroatoms. The number of nitrogens with zero attached hydrogens (tertiary/aromatic N) is 2. The monoisotopic (exact) mass is 433 g/mol. The topological polar surface area (TPSA) is 73.2 Å². The van der Waals surface area contributed by atoms with Crippen LogP contribution in [-0.2, 0) is 6.61 Å². The minimum absolute atomic E-state index is 0.0882. The van der Waals surface area contributed by atoms with Crippen molar-refractivity contribution in [1.29, 1.82) is 0 Å². The summed E-state index contributed by atoms with van der Waals surface area (Å²) >= 11 is 6.18. The number of rotatable bonds is 5. The Labute approximate surface area is 176 Å². The first-order chi connectivity index (χ1) is 14.2. The predicted octanol–water partition coefficient (Wildman–Crippen LogP) is 3.72. The molecule has 0 unspecified atom stereocenters. The van der Waals surface area contributed by atoms with Crippen molar-refractivity contribution in [3.05, 3.63) is 85.9 Å². The molecule has 0 aliphatic rings. The summed E-state index contributed by atoms with van der Waals surface area (Å²) in [6.07, 6.45) is 0. The number of hydrogen-bond acceptors (Lipinski definition) is 4. The molecule has 0 atom stereocenters. The van der Waals surface area contributed by atoms with E-state index in [0.29, 0.717) is 11.3 Å². The van der Waals surface area contributed by atoms with Crippen LogP contribution in [0.4, 0.5) is 8.78 Å². The number of ether oxygens (including phenoxy) is 1. The van der Waals surface area contributed by atoms with Gasteiger partial charge in [-0.05, 0) is 43.7 Å². The lowest BCUT2D eigenvalue weighted by molar-refractivity contribution is 0.0963. The summed E-state index contributed by atoms with van der Waals surface area (Å²) in [5, 5.41) is 2.23. The highest BCUT2D eigenvalue weighted by atomic mass is 35.5.